The molecule has 106 valence electrons. The largest absolute Gasteiger partial charge is 0.497 e. The number of methoxy groups -OCH3 is 2. The molecule has 1 aromatic carbocycles. The number of benzene rings is 1. The van der Waals surface area contributed by atoms with E-state index in [0.29, 0.717) is 12.1 Å². The smallest absolute Gasteiger partial charge is 0.124 e. The minimum Gasteiger partial charge on any atom is -0.497 e. The molecular formula is C15H24N2O2. The van der Waals surface area contributed by atoms with Crippen molar-refractivity contribution < 1.29 is 9.47 Å². The highest BCUT2D eigenvalue weighted by atomic mass is 16.5. The van der Waals surface area contributed by atoms with Gasteiger partial charge in [0.2, 0.25) is 0 Å². The van der Waals surface area contributed by atoms with Crippen molar-refractivity contribution in [2.45, 2.75) is 32.4 Å². The molecule has 4 nitrogen and oxygen atoms in total. The number of rotatable bonds is 4. The Morgan fingerprint density at radius 3 is 2.37 bits per heavy atom. The fourth-order valence-corrected chi connectivity index (χ4v) is 2.52. The third-order valence-electron chi connectivity index (χ3n) is 3.81. The Morgan fingerprint density at radius 1 is 1.21 bits per heavy atom. The molecule has 0 saturated carbocycles. The Morgan fingerprint density at radius 2 is 1.84 bits per heavy atom. The van der Waals surface area contributed by atoms with E-state index in [9.17, 15) is 0 Å². The van der Waals surface area contributed by atoms with E-state index in [1.54, 1.807) is 14.2 Å². The number of ether oxygens (including phenoxy) is 2. The first kappa shape index (κ1) is 14.0. The van der Waals surface area contributed by atoms with Crippen LogP contribution in [0.25, 0.3) is 0 Å². The highest BCUT2D eigenvalue weighted by molar-refractivity contribution is 5.56. The van der Waals surface area contributed by atoms with Crippen molar-refractivity contribution >= 4 is 5.69 Å². The van der Waals surface area contributed by atoms with Gasteiger partial charge in [-0.2, -0.15) is 0 Å². The summed E-state index contributed by atoms with van der Waals surface area (Å²) in [6.07, 6.45) is 1.14. The summed E-state index contributed by atoms with van der Waals surface area (Å²) in [7, 11) is 3.38. The third-order valence-corrected chi connectivity index (χ3v) is 3.81. The van der Waals surface area contributed by atoms with Crippen molar-refractivity contribution in [1.29, 1.82) is 0 Å². The van der Waals surface area contributed by atoms with E-state index in [4.69, 9.17) is 9.47 Å². The molecule has 1 heterocycles. The number of nitrogens with one attached hydrogen (secondary N) is 1. The van der Waals surface area contributed by atoms with E-state index < -0.39 is 0 Å². The third kappa shape index (κ3) is 3.13. The predicted octanol–water partition coefficient (Wildman–Crippen LogP) is 2.28. The Labute approximate surface area is 115 Å². The van der Waals surface area contributed by atoms with Crippen molar-refractivity contribution in [3.63, 3.8) is 0 Å². The van der Waals surface area contributed by atoms with Crippen LogP contribution in [0.4, 0.5) is 5.69 Å². The van der Waals surface area contributed by atoms with Crippen LogP contribution in [0.5, 0.6) is 11.5 Å². The predicted molar refractivity (Wildman–Crippen MR) is 78.4 cm³/mol. The lowest BCUT2D eigenvalue weighted by atomic mass is 10.1. The fourth-order valence-electron chi connectivity index (χ4n) is 2.52. The van der Waals surface area contributed by atoms with Gasteiger partial charge in [0.15, 0.2) is 0 Å². The molecule has 19 heavy (non-hydrogen) atoms. The quantitative estimate of drug-likeness (QED) is 0.904. The van der Waals surface area contributed by atoms with E-state index >= 15 is 0 Å². The molecule has 1 aromatic rings. The molecule has 1 saturated heterocycles. The molecule has 2 rings (SSSR count). The molecule has 4 heteroatoms. The summed E-state index contributed by atoms with van der Waals surface area (Å²) in [4.78, 5) is 2.43. The molecule has 0 radical (unpaired) electrons. The number of piperazine rings is 1. The molecule has 0 bridgehead atoms. The monoisotopic (exact) mass is 264 g/mol. The van der Waals surface area contributed by atoms with Crippen molar-refractivity contribution in [2.24, 2.45) is 0 Å². The van der Waals surface area contributed by atoms with Crippen molar-refractivity contribution in [3.05, 3.63) is 18.2 Å². The van der Waals surface area contributed by atoms with Gasteiger partial charge in [-0.3, -0.25) is 0 Å². The van der Waals surface area contributed by atoms with Gasteiger partial charge in [0.25, 0.3) is 0 Å². The average Bonchev–Trinajstić information content (AvgIpc) is 2.47. The van der Waals surface area contributed by atoms with E-state index in [1.807, 2.05) is 6.07 Å². The molecule has 0 spiro atoms. The van der Waals surface area contributed by atoms with Crippen LogP contribution in [-0.4, -0.2) is 39.4 Å². The molecule has 0 aromatic heterocycles. The molecule has 1 N–H and O–H groups in total. The highest BCUT2D eigenvalue weighted by Gasteiger charge is 2.24. The maximum Gasteiger partial charge on any atom is 0.124 e. The average molecular weight is 264 g/mol. The zero-order valence-electron chi connectivity index (χ0n) is 12.3. The molecule has 1 fully saturated rings. The SMILES string of the molecule is CCC1CN(c2cc(OC)cc(OC)c2)C(C)CN1. The Kier molecular flexibility index (Phi) is 4.53. The summed E-state index contributed by atoms with van der Waals surface area (Å²) >= 11 is 0. The van der Waals surface area contributed by atoms with Crippen LogP contribution in [0.3, 0.4) is 0 Å². The van der Waals surface area contributed by atoms with E-state index in [2.05, 4.69) is 36.2 Å². The molecule has 2 atom stereocenters. The van der Waals surface area contributed by atoms with Gasteiger partial charge in [0.1, 0.15) is 11.5 Å². The highest BCUT2D eigenvalue weighted by Crippen LogP contribution is 2.30. The van der Waals surface area contributed by atoms with Gasteiger partial charge < -0.3 is 19.7 Å². The topological polar surface area (TPSA) is 33.7 Å². The second-order valence-electron chi connectivity index (χ2n) is 5.09. The Bertz CT molecular complexity index is 400. The van der Waals surface area contributed by atoms with Crippen molar-refractivity contribution in [3.8, 4) is 11.5 Å². The van der Waals surface area contributed by atoms with Gasteiger partial charge >= 0.3 is 0 Å². The molecular weight excluding hydrogens is 240 g/mol. The van der Waals surface area contributed by atoms with Gasteiger partial charge in [-0.15, -0.1) is 0 Å². The molecule has 1 aliphatic heterocycles. The number of hydrogen-bond donors (Lipinski definition) is 1. The van der Waals surface area contributed by atoms with Crippen molar-refractivity contribution in [1.82, 2.24) is 5.32 Å². The zero-order valence-corrected chi connectivity index (χ0v) is 12.3. The normalized spacial score (nSPS) is 23.3. The van der Waals surface area contributed by atoms with E-state index in [-0.39, 0.29) is 0 Å². The van der Waals surface area contributed by atoms with Crippen LogP contribution in [0.1, 0.15) is 20.3 Å². The van der Waals surface area contributed by atoms with Gasteiger partial charge in [-0.1, -0.05) is 6.92 Å². The summed E-state index contributed by atoms with van der Waals surface area (Å²) < 4.78 is 10.7. The number of anilines is 1. The van der Waals surface area contributed by atoms with Crippen LogP contribution >= 0.6 is 0 Å². The molecule has 0 amide bonds. The van der Waals surface area contributed by atoms with Gasteiger partial charge in [0, 0.05) is 49.1 Å². The molecule has 1 aliphatic rings. The lowest BCUT2D eigenvalue weighted by Gasteiger charge is -2.40. The zero-order chi connectivity index (χ0) is 13.8. The standard InChI is InChI=1S/C15H24N2O2/c1-5-12-10-17(11(2)9-16-12)13-6-14(18-3)8-15(7-13)19-4/h6-8,11-12,16H,5,9-10H2,1-4H3. The van der Waals surface area contributed by atoms with E-state index in [0.717, 1.165) is 31.0 Å². The van der Waals surface area contributed by atoms with Gasteiger partial charge in [-0.05, 0) is 13.3 Å². The summed E-state index contributed by atoms with van der Waals surface area (Å²) in [5.41, 5.74) is 1.17. The minimum absolute atomic E-state index is 0.472. The lowest BCUT2D eigenvalue weighted by molar-refractivity contribution is 0.386. The summed E-state index contributed by atoms with van der Waals surface area (Å²) in [6.45, 7) is 6.49. The van der Waals surface area contributed by atoms with Crippen LogP contribution in [-0.2, 0) is 0 Å². The second kappa shape index (κ2) is 6.15. The van der Waals surface area contributed by atoms with Crippen LogP contribution in [0.2, 0.25) is 0 Å². The maximum atomic E-state index is 5.35. The minimum atomic E-state index is 0.472. The fraction of sp³-hybridized carbons (Fsp3) is 0.600. The summed E-state index contributed by atoms with van der Waals surface area (Å²) in [5.74, 6) is 1.68. The first-order valence-corrected chi connectivity index (χ1v) is 6.91. The first-order valence-electron chi connectivity index (χ1n) is 6.91. The van der Waals surface area contributed by atoms with Crippen LogP contribution in [0.15, 0.2) is 18.2 Å². The van der Waals surface area contributed by atoms with Crippen molar-refractivity contribution in [2.75, 3.05) is 32.2 Å². The molecule has 0 aliphatic carbocycles. The maximum absolute atomic E-state index is 5.35. The van der Waals surface area contributed by atoms with Crippen LogP contribution < -0.4 is 19.7 Å². The Hall–Kier alpha value is -1.42. The molecule has 2 unspecified atom stereocenters. The number of nitrogens with zero attached hydrogens (tertiary/aromatic N) is 1. The van der Waals surface area contributed by atoms with Gasteiger partial charge in [-0.25, -0.2) is 0 Å². The number of hydrogen-bond acceptors (Lipinski definition) is 4. The summed E-state index contributed by atoms with van der Waals surface area (Å²) in [5, 5.41) is 3.57. The van der Waals surface area contributed by atoms with Gasteiger partial charge in [0.05, 0.1) is 14.2 Å². The first-order chi connectivity index (χ1) is 9.17. The Balaban J connectivity index is 2.27. The van der Waals surface area contributed by atoms with Crippen LogP contribution in [0, 0.1) is 0 Å². The summed E-state index contributed by atoms with van der Waals surface area (Å²) in [6, 6.07) is 7.09. The lowest BCUT2D eigenvalue weighted by Crippen LogP contribution is -2.55. The second-order valence-corrected chi connectivity index (χ2v) is 5.09. The van der Waals surface area contributed by atoms with E-state index in [1.165, 1.54) is 5.69 Å².